The molecule has 1 aliphatic rings. The van der Waals surface area contributed by atoms with Crippen LogP contribution in [0.3, 0.4) is 0 Å². The summed E-state index contributed by atoms with van der Waals surface area (Å²) in [6.07, 6.45) is 0.245. The highest BCUT2D eigenvalue weighted by Gasteiger charge is 2.41. The average molecular weight is 380 g/mol. The topological polar surface area (TPSA) is 89.6 Å². The highest BCUT2D eigenvalue weighted by molar-refractivity contribution is 5.52. The Hall–Kier alpha value is -3.11. The van der Waals surface area contributed by atoms with Crippen LogP contribution in [0.4, 0.5) is 23.5 Å². The molecule has 0 aliphatic heterocycles. The molecule has 0 unspecified atom stereocenters. The van der Waals surface area contributed by atoms with Crippen LogP contribution in [0.5, 0.6) is 0 Å². The van der Waals surface area contributed by atoms with Gasteiger partial charge in [-0.25, -0.2) is 15.0 Å². The molecule has 0 atom stereocenters. The second-order valence-corrected chi connectivity index (χ2v) is 6.12. The number of hydrogen-bond acceptors (Lipinski definition) is 7. The van der Waals surface area contributed by atoms with E-state index in [9.17, 15) is 17.6 Å². The Bertz CT molecular complexity index is 952. The third kappa shape index (κ3) is 3.32. The second-order valence-electron chi connectivity index (χ2n) is 6.12. The number of anilines is 1. The molecule has 3 heterocycles. The summed E-state index contributed by atoms with van der Waals surface area (Å²) in [4.78, 5) is 15.4. The van der Waals surface area contributed by atoms with E-state index in [4.69, 9.17) is 0 Å². The Kier molecular flexibility index (Phi) is 4.01. The highest BCUT2D eigenvalue weighted by atomic mass is 19.4. The van der Waals surface area contributed by atoms with Crippen molar-refractivity contribution in [3.05, 3.63) is 48.1 Å². The number of nitrogens with zero attached hydrogens (tertiary/aromatic N) is 5. The van der Waals surface area contributed by atoms with Gasteiger partial charge in [0.1, 0.15) is 0 Å². The van der Waals surface area contributed by atoms with E-state index < -0.39 is 23.6 Å². The van der Waals surface area contributed by atoms with E-state index in [0.29, 0.717) is 5.69 Å². The maximum atomic E-state index is 13.5. The normalized spacial score (nSPS) is 16.0. The first-order valence-corrected chi connectivity index (χ1v) is 8.00. The van der Waals surface area contributed by atoms with Crippen LogP contribution in [0.15, 0.2) is 35.1 Å². The van der Waals surface area contributed by atoms with E-state index in [0.717, 1.165) is 19.3 Å². The van der Waals surface area contributed by atoms with E-state index in [-0.39, 0.29) is 17.3 Å². The molecule has 0 bridgehead atoms. The highest BCUT2D eigenvalue weighted by Crippen LogP contribution is 2.42. The molecule has 0 aromatic carbocycles. The summed E-state index contributed by atoms with van der Waals surface area (Å²) >= 11 is 0. The van der Waals surface area contributed by atoms with Crippen LogP contribution < -0.4 is 5.32 Å². The number of alkyl halides is 3. The molecule has 7 nitrogen and oxygen atoms in total. The Labute approximate surface area is 149 Å². The molecule has 0 spiro atoms. The minimum absolute atomic E-state index is 0.173. The van der Waals surface area contributed by atoms with Gasteiger partial charge >= 0.3 is 12.1 Å². The fourth-order valence-corrected chi connectivity index (χ4v) is 2.83. The van der Waals surface area contributed by atoms with E-state index in [2.05, 4.69) is 34.9 Å². The van der Waals surface area contributed by atoms with Crippen LogP contribution >= 0.6 is 0 Å². The summed E-state index contributed by atoms with van der Waals surface area (Å²) in [6, 6.07) is 4.57. The third-order valence-electron chi connectivity index (χ3n) is 4.34. The quantitative estimate of drug-likeness (QED) is 0.547. The summed E-state index contributed by atoms with van der Waals surface area (Å²) < 4.78 is 55.2. The van der Waals surface area contributed by atoms with Gasteiger partial charge in [-0.1, -0.05) is 11.2 Å². The standard InChI is InChI=1S/C16H12F4N6O/c17-11-4-1-3-10(23-11)15(5-2-6-15)25-14-21-7-9(8-22-14)12-24-13(27-26-12)16(18,19)20/h1,3-4,7-8H,2,5-6H2,(H,21,22,25). The Morgan fingerprint density at radius 3 is 2.37 bits per heavy atom. The smallest absolute Gasteiger partial charge is 0.343 e. The van der Waals surface area contributed by atoms with Gasteiger partial charge in [0, 0.05) is 12.4 Å². The summed E-state index contributed by atoms with van der Waals surface area (Å²) in [5, 5.41) is 6.43. The first-order valence-electron chi connectivity index (χ1n) is 8.00. The predicted molar refractivity (Wildman–Crippen MR) is 83.7 cm³/mol. The summed E-state index contributed by atoms with van der Waals surface area (Å²) in [7, 11) is 0. The van der Waals surface area contributed by atoms with Crippen molar-refractivity contribution in [2.75, 3.05) is 5.32 Å². The van der Waals surface area contributed by atoms with Crippen LogP contribution in [0.1, 0.15) is 30.8 Å². The van der Waals surface area contributed by atoms with Gasteiger partial charge in [0.05, 0.1) is 16.8 Å². The van der Waals surface area contributed by atoms with Gasteiger partial charge in [0.2, 0.25) is 17.7 Å². The van der Waals surface area contributed by atoms with Crippen LogP contribution in [-0.2, 0) is 11.7 Å². The average Bonchev–Trinajstić information content (AvgIpc) is 3.09. The lowest BCUT2D eigenvalue weighted by Crippen LogP contribution is -2.43. The summed E-state index contributed by atoms with van der Waals surface area (Å²) in [5.41, 5.74) is 0.153. The lowest BCUT2D eigenvalue weighted by atomic mass is 9.74. The maximum absolute atomic E-state index is 13.5. The minimum Gasteiger partial charge on any atom is -0.343 e. The van der Waals surface area contributed by atoms with Crippen molar-refractivity contribution in [2.24, 2.45) is 0 Å². The van der Waals surface area contributed by atoms with E-state index in [1.165, 1.54) is 18.5 Å². The molecular formula is C16H12F4N6O. The van der Waals surface area contributed by atoms with Crippen LogP contribution in [0, 0.1) is 5.95 Å². The van der Waals surface area contributed by atoms with Crippen molar-refractivity contribution in [1.82, 2.24) is 25.1 Å². The molecule has 0 radical (unpaired) electrons. The van der Waals surface area contributed by atoms with E-state index in [1.807, 2.05) is 0 Å². The Morgan fingerprint density at radius 1 is 1.07 bits per heavy atom. The van der Waals surface area contributed by atoms with Gasteiger partial charge in [-0.15, -0.1) is 0 Å². The Morgan fingerprint density at radius 2 is 1.81 bits per heavy atom. The molecule has 1 fully saturated rings. The molecule has 3 aromatic rings. The fraction of sp³-hybridized carbons (Fsp3) is 0.312. The Balaban J connectivity index is 1.55. The van der Waals surface area contributed by atoms with Crippen molar-refractivity contribution < 1.29 is 22.1 Å². The number of rotatable bonds is 4. The van der Waals surface area contributed by atoms with E-state index >= 15 is 0 Å². The van der Waals surface area contributed by atoms with Gasteiger partial charge in [-0.2, -0.15) is 22.5 Å². The van der Waals surface area contributed by atoms with Gasteiger partial charge in [-0.05, 0) is 31.4 Å². The fourth-order valence-electron chi connectivity index (χ4n) is 2.83. The van der Waals surface area contributed by atoms with Crippen LogP contribution in [0.2, 0.25) is 0 Å². The molecule has 0 saturated heterocycles. The first kappa shape index (κ1) is 17.3. The zero-order chi connectivity index (χ0) is 19.1. The molecule has 1 saturated carbocycles. The summed E-state index contributed by atoms with van der Waals surface area (Å²) in [5.74, 6) is -2.04. The number of pyridine rings is 1. The second kappa shape index (κ2) is 6.25. The zero-order valence-corrected chi connectivity index (χ0v) is 13.7. The molecular weight excluding hydrogens is 368 g/mol. The predicted octanol–water partition coefficient (Wildman–Crippen LogP) is 3.57. The third-order valence-corrected chi connectivity index (χ3v) is 4.34. The minimum atomic E-state index is -4.72. The molecule has 11 heteroatoms. The number of halogens is 4. The number of hydrogen-bond donors (Lipinski definition) is 1. The number of nitrogens with one attached hydrogen (secondary N) is 1. The maximum Gasteiger partial charge on any atom is 0.471 e. The van der Waals surface area contributed by atoms with Crippen LogP contribution in [0.25, 0.3) is 11.4 Å². The molecule has 27 heavy (non-hydrogen) atoms. The molecule has 0 amide bonds. The van der Waals surface area contributed by atoms with Crippen molar-refractivity contribution >= 4 is 5.95 Å². The van der Waals surface area contributed by atoms with Crippen molar-refractivity contribution in [3.8, 4) is 11.4 Å². The zero-order valence-electron chi connectivity index (χ0n) is 13.7. The van der Waals surface area contributed by atoms with Crippen molar-refractivity contribution in [1.29, 1.82) is 0 Å². The van der Waals surface area contributed by atoms with Crippen LogP contribution in [-0.4, -0.2) is 25.1 Å². The monoisotopic (exact) mass is 380 g/mol. The van der Waals surface area contributed by atoms with Crippen molar-refractivity contribution in [2.45, 2.75) is 31.0 Å². The van der Waals surface area contributed by atoms with Gasteiger partial charge in [-0.3, -0.25) is 0 Å². The molecule has 4 rings (SSSR count). The SMILES string of the molecule is Fc1cccc(C2(Nc3ncc(-c4noc(C(F)(F)F)n4)cn3)CCC2)n1. The lowest BCUT2D eigenvalue weighted by Gasteiger charge is -2.41. The molecule has 3 aromatic heterocycles. The molecule has 1 N–H and O–H groups in total. The molecule has 1 aliphatic carbocycles. The largest absolute Gasteiger partial charge is 0.471 e. The number of aromatic nitrogens is 5. The van der Waals surface area contributed by atoms with Gasteiger partial charge in [0.15, 0.2) is 0 Å². The van der Waals surface area contributed by atoms with Gasteiger partial charge in [0.25, 0.3) is 0 Å². The lowest BCUT2D eigenvalue weighted by molar-refractivity contribution is -0.159. The van der Waals surface area contributed by atoms with Gasteiger partial charge < -0.3 is 9.84 Å². The summed E-state index contributed by atoms with van der Waals surface area (Å²) in [6.45, 7) is 0. The molecule has 140 valence electrons. The van der Waals surface area contributed by atoms with Crippen molar-refractivity contribution in [3.63, 3.8) is 0 Å². The first-order chi connectivity index (χ1) is 12.9. The van der Waals surface area contributed by atoms with E-state index in [1.54, 1.807) is 12.1 Å².